The fraction of sp³-hybridized carbons (Fsp3) is 0.385. The summed E-state index contributed by atoms with van der Waals surface area (Å²) in [6.07, 6.45) is 1.06. The Morgan fingerprint density at radius 3 is 2.69 bits per heavy atom. The number of hydrogen-bond acceptors (Lipinski definition) is 3. The minimum Gasteiger partial charge on any atom is -0.320 e. The van der Waals surface area contributed by atoms with Crippen molar-refractivity contribution in [2.45, 2.75) is 33.2 Å². The van der Waals surface area contributed by atoms with Gasteiger partial charge in [0.2, 0.25) is 0 Å². The molecule has 2 aromatic heterocycles. The van der Waals surface area contributed by atoms with Gasteiger partial charge in [0.05, 0.1) is 6.04 Å². The standard InChI is InChI=1S/C13H17NS2/c1-4-10-5-6-15-13(10)12(14)11-7-8(2)16-9(11)3/h5-7,12H,4,14H2,1-3H3. The molecular formula is C13H17NS2. The molecule has 2 aromatic rings. The molecule has 0 radical (unpaired) electrons. The second kappa shape index (κ2) is 4.70. The lowest BCUT2D eigenvalue weighted by atomic mass is 10.0. The number of aryl methyl sites for hydroxylation is 3. The van der Waals surface area contributed by atoms with Crippen LogP contribution in [0.1, 0.15) is 38.7 Å². The van der Waals surface area contributed by atoms with Gasteiger partial charge < -0.3 is 5.73 Å². The fourth-order valence-corrected chi connectivity index (χ4v) is 4.00. The molecule has 0 aromatic carbocycles. The van der Waals surface area contributed by atoms with Gasteiger partial charge in [0.15, 0.2) is 0 Å². The predicted octanol–water partition coefficient (Wildman–Crippen LogP) is 4.04. The molecule has 1 unspecified atom stereocenters. The van der Waals surface area contributed by atoms with Crippen LogP contribution in [0.2, 0.25) is 0 Å². The third kappa shape index (κ3) is 2.08. The summed E-state index contributed by atoms with van der Waals surface area (Å²) in [4.78, 5) is 4.02. The lowest BCUT2D eigenvalue weighted by Gasteiger charge is -2.11. The molecule has 2 rings (SSSR count). The third-order valence-electron chi connectivity index (χ3n) is 2.86. The molecule has 1 atom stereocenters. The maximum Gasteiger partial charge on any atom is 0.0659 e. The molecule has 0 aliphatic rings. The first-order valence-corrected chi connectivity index (χ1v) is 7.21. The highest BCUT2D eigenvalue weighted by molar-refractivity contribution is 7.12. The summed E-state index contributed by atoms with van der Waals surface area (Å²) in [6, 6.07) is 4.47. The Hall–Kier alpha value is -0.640. The largest absolute Gasteiger partial charge is 0.320 e. The van der Waals surface area contributed by atoms with Crippen LogP contribution in [0.4, 0.5) is 0 Å². The number of rotatable bonds is 3. The molecule has 0 saturated carbocycles. The van der Waals surface area contributed by atoms with Crippen LogP contribution >= 0.6 is 22.7 Å². The van der Waals surface area contributed by atoms with Gasteiger partial charge in [-0.05, 0) is 48.9 Å². The Bertz CT molecular complexity index is 482. The fourth-order valence-electron chi connectivity index (χ4n) is 2.01. The van der Waals surface area contributed by atoms with E-state index in [2.05, 4.69) is 38.3 Å². The van der Waals surface area contributed by atoms with E-state index < -0.39 is 0 Å². The van der Waals surface area contributed by atoms with Crippen LogP contribution in [0, 0.1) is 13.8 Å². The van der Waals surface area contributed by atoms with Crippen molar-refractivity contribution in [2.24, 2.45) is 5.73 Å². The molecular weight excluding hydrogens is 234 g/mol. The zero-order valence-corrected chi connectivity index (χ0v) is 11.5. The molecule has 0 aliphatic heterocycles. The Labute approximate surface area is 105 Å². The summed E-state index contributed by atoms with van der Waals surface area (Å²) in [5, 5.41) is 2.14. The first-order chi connectivity index (χ1) is 7.63. The van der Waals surface area contributed by atoms with Crippen LogP contribution in [0.25, 0.3) is 0 Å². The molecule has 0 spiro atoms. The second-order valence-electron chi connectivity index (χ2n) is 4.01. The van der Waals surface area contributed by atoms with Crippen LogP contribution in [0.5, 0.6) is 0 Å². The van der Waals surface area contributed by atoms with E-state index in [-0.39, 0.29) is 6.04 Å². The quantitative estimate of drug-likeness (QED) is 0.875. The summed E-state index contributed by atoms with van der Waals surface area (Å²) in [7, 11) is 0. The minimum absolute atomic E-state index is 0.0555. The van der Waals surface area contributed by atoms with E-state index >= 15 is 0 Å². The van der Waals surface area contributed by atoms with Crippen molar-refractivity contribution in [3.8, 4) is 0 Å². The van der Waals surface area contributed by atoms with Gasteiger partial charge in [-0.25, -0.2) is 0 Å². The summed E-state index contributed by atoms with van der Waals surface area (Å²) in [5.74, 6) is 0. The van der Waals surface area contributed by atoms with Crippen molar-refractivity contribution in [3.63, 3.8) is 0 Å². The Kier molecular flexibility index (Phi) is 3.47. The predicted molar refractivity (Wildman–Crippen MR) is 73.5 cm³/mol. The molecule has 0 aliphatic carbocycles. The molecule has 2 heterocycles. The van der Waals surface area contributed by atoms with Crippen LogP contribution in [0.15, 0.2) is 17.5 Å². The van der Waals surface area contributed by atoms with Crippen LogP contribution in [-0.2, 0) is 6.42 Å². The van der Waals surface area contributed by atoms with Gasteiger partial charge in [-0.2, -0.15) is 0 Å². The van der Waals surface area contributed by atoms with Crippen LogP contribution < -0.4 is 5.73 Å². The topological polar surface area (TPSA) is 26.0 Å². The molecule has 0 amide bonds. The van der Waals surface area contributed by atoms with E-state index in [1.54, 1.807) is 11.3 Å². The number of nitrogens with two attached hydrogens (primary N) is 1. The minimum atomic E-state index is 0.0555. The Balaban J connectivity index is 2.38. The van der Waals surface area contributed by atoms with E-state index in [0.717, 1.165) is 6.42 Å². The Morgan fingerprint density at radius 1 is 1.38 bits per heavy atom. The average molecular weight is 251 g/mol. The summed E-state index contributed by atoms with van der Waals surface area (Å²) in [5.41, 5.74) is 9.05. The first kappa shape index (κ1) is 11.8. The highest BCUT2D eigenvalue weighted by Gasteiger charge is 2.17. The van der Waals surface area contributed by atoms with Crippen molar-refractivity contribution in [1.29, 1.82) is 0 Å². The maximum absolute atomic E-state index is 6.37. The SMILES string of the molecule is CCc1ccsc1C(N)c1cc(C)sc1C. The molecule has 3 heteroatoms. The van der Waals surface area contributed by atoms with Gasteiger partial charge in [0.25, 0.3) is 0 Å². The normalized spacial score (nSPS) is 13.0. The lowest BCUT2D eigenvalue weighted by molar-refractivity contribution is 0.871. The highest BCUT2D eigenvalue weighted by atomic mass is 32.1. The van der Waals surface area contributed by atoms with Crippen molar-refractivity contribution in [1.82, 2.24) is 0 Å². The van der Waals surface area contributed by atoms with Gasteiger partial charge in [-0.1, -0.05) is 6.92 Å². The third-order valence-corrected chi connectivity index (χ3v) is 4.88. The lowest BCUT2D eigenvalue weighted by Crippen LogP contribution is -2.12. The summed E-state index contributed by atoms with van der Waals surface area (Å²) in [6.45, 7) is 6.49. The molecule has 16 heavy (non-hydrogen) atoms. The average Bonchev–Trinajstić information content (AvgIpc) is 2.83. The zero-order valence-electron chi connectivity index (χ0n) is 9.91. The second-order valence-corrected chi connectivity index (χ2v) is 6.42. The first-order valence-electron chi connectivity index (χ1n) is 5.52. The van der Waals surface area contributed by atoms with Gasteiger partial charge >= 0.3 is 0 Å². The molecule has 0 fully saturated rings. The summed E-state index contributed by atoms with van der Waals surface area (Å²) < 4.78 is 0. The van der Waals surface area contributed by atoms with E-state index in [1.165, 1.54) is 25.8 Å². The zero-order chi connectivity index (χ0) is 11.7. The molecule has 1 nitrogen and oxygen atoms in total. The monoisotopic (exact) mass is 251 g/mol. The maximum atomic E-state index is 6.37. The molecule has 0 saturated heterocycles. The Morgan fingerprint density at radius 2 is 2.12 bits per heavy atom. The van der Waals surface area contributed by atoms with Gasteiger partial charge in [-0.15, -0.1) is 22.7 Å². The van der Waals surface area contributed by atoms with Gasteiger partial charge in [0, 0.05) is 14.6 Å². The van der Waals surface area contributed by atoms with Crippen LogP contribution in [0.3, 0.4) is 0 Å². The van der Waals surface area contributed by atoms with Crippen molar-refractivity contribution in [2.75, 3.05) is 0 Å². The van der Waals surface area contributed by atoms with E-state index in [9.17, 15) is 0 Å². The highest BCUT2D eigenvalue weighted by Crippen LogP contribution is 2.33. The molecule has 2 N–H and O–H groups in total. The molecule has 0 bridgehead atoms. The number of thiophene rings is 2. The number of hydrogen-bond donors (Lipinski definition) is 1. The van der Waals surface area contributed by atoms with E-state index in [4.69, 9.17) is 5.73 Å². The van der Waals surface area contributed by atoms with E-state index in [0.29, 0.717) is 0 Å². The van der Waals surface area contributed by atoms with Gasteiger partial charge in [0.1, 0.15) is 0 Å². The van der Waals surface area contributed by atoms with Crippen molar-refractivity contribution >= 4 is 22.7 Å². The van der Waals surface area contributed by atoms with Crippen molar-refractivity contribution in [3.05, 3.63) is 43.3 Å². The smallest absolute Gasteiger partial charge is 0.0659 e. The van der Waals surface area contributed by atoms with Crippen LogP contribution in [-0.4, -0.2) is 0 Å². The van der Waals surface area contributed by atoms with Crippen molar-refractivity contribution < 1.29 is 0 Å². The molecule has 86 valence electrons. The van der Waals surface area contributed by atoms with E-state index in [1.807, 2.05) is 11.3 Å². The summed E-state index contributed by atoms with van der Waals surface area (Å²) >= 11 is 3.61. The van der Waals surface area contributed by atoms with Gasteiger partial charge in [-0.3, -0.25) is 0 Å².